The van der Waals surface area contributed by atoms with Gasteiger partial charge in [-0.25, -0.2) is 9.97 Å². The van der Waals surface area contributed by atoms with E-state index in [1.807, 2.05) is 0 Å². The summed E-state index contributed by atoms with van der Waals surface area (Å²) in [6.07, 6.45) is 0. The number of ether oxygens (including phenoxy) is 2. The lowest BCUT2D eigenvalue weighted by Crippen LogP contribution is -2.76. The second-order valence-electron chi connectivity index (χ2n) is 17.3. The van der Waals surface area contributed by atoms with Crippen molar-refractivity contribution < 1.29 is 9.47 Å². The first-order valence-electron chi connectivity index (χ1n) is 22.6. The maximum Gasteiger partial charge on any atom is 0.188 e. The molecule has 1 aromatic heterocycles. The highest BCUT2D eigenvalue weighted by molar-refractivity contribution is 7.20. The number of hydrogen-bond acceptors (Lipinski definition) is 4. The van der Waals surface area contributed by atoms with E-state index in [2.05, 4.69) is 244 Å². The van der Waals surface area contributed by atoms with Gasteiger partial charge in [-0.05, 0) is 87.2 Å². The van der Waals surface area contributed by atoms with E-state index in [0.717, 1.165) is 84.5 Å². The summed E-state index contributed by atoms with van der Waals surface area (Å²) in [4.78, 5) is 11.1. The first kappa shape index (κ1) is 39.5. The Labute approximate surface area is 386 Å². The smallest absolute Gasteiger partial charge is 0.188 e. The zero-order chi connectivity index (χ0) is 44.2. The molecule has 3 heterocycles. The van der Waals surface area contributed by atoms with E-state index in [9.17, 15) is 0 Å². The summed E-state index contributed by atoms with van der Waals surface area (Å²) in [6, 6.07) is 82.3. The third-order valence-electron chi connectivity index (χ3n) is 13.7. The Morgan fingerprint density at radius 3 is 1.47 bits per heavy atom. The molecule has 2 aliphatic heterocycles. The van der Waals surface area contributed by atoms with Crippen LogP contribution in [0.5, 0.6) is 23.0 Å². The molecule has 0 bridgehead atoms. The number of benzene rings is 9. The second-order valence-corrected chi connectivity index (χ2v) is 21.0. The topological polar surface area (TPSA) is 44.2 Å². The highest BCUT2D eigenvalue weighted by Crippen LogP contribution is 2.57. The molecule has 4 nitrogen and oxygen atoms in total. The standard InChI is InChI=1S/C61H44N2O2Si/c1-41-22-19-23-42(2)57(41)60-62-51(47-32-20-35-50-58(47)64-53-36-16-15-34-49(53)61(50,43-24-7-3-8-25-43)44-26-9-4-10-27-44)40-52(63-60)48-33-21-39-56-59(48)65-54-37-17-18-38-55(54)66(56,45-28-11-5-12-29-45)46-30-13-6-14-31-46/h3-40H,1-2H3. The minimum atomic E-state index is -2.94. The van der Waals surface area contributed by atoms with Crippen molar-refractivity contribution in [3.05, 3.63) is 264 Å². The van der Waals surface area contributed by atoms with Gasteiger partial charge in [-0.2, -0.15) is 0 Å². The normalized spacial score (nSPS) is 13.8. The van der Waals surface area contributed by atoms with Crippen LogP contribution in [-0.4, -0.2) is 18.0 Å². The first-order chi connectivity index (χ1) is 32.6. The van der Waals surface area contributed by atoms with Crippen molar-refractivity contribution in [1.82, 2.24) is 9.97 Å². The van der Waals surface area contributed by atoms with Crippen molar-refractivity contribution in [3.63, 3.8) is 0 Å². The van der Waals surface area contributed by atoms with E-state index in [-0.39, 0.29) is 0 Å². The molecule has 0 fully saturated rings. The molecular weight excluding hydrogens is 821 g/mol. The van der Waals surface area contributed by atoms with Gasteiger partial charge in [-0.1, -0.05) is 200 Å². The van der Waals surface area contributed by atoms with Gasteiger partial charge in [0.1, 0.15) is 23.0 Å². The molecule has 66 heavy (non-hydrogen) atoms. The molecule has 0 N–H and O–H groups in total. The predicted molar refractivity (Wildman–Crippen MR) is 270 cm³/mol. The van der Waals surface area contributed by atoms with E-state index in [4.69, 9.17) is 19.4 Å². The van der Waals surface area contributed by atoms with Gasteiger partial charge >= 0.3 is 0 Å². The third kappa shape index (κ3) is 5.97. The van der Waals surface area contributed by atoms with Gasteiger partial charge in [0.25, 0.3) is 0 Å². The highest BCUT2D eigenvalue weighted by Gasteiger charge is 2.49. The minimum absolute atomic E-state index is 0.646. The fourth-order valence-electron chi connectivity index (χ4n) is 10.9. The van der Waals surface area contributed by atoms with Crippen molar-refractivity contribution in [3.8, 4) is 56.9 Å². The molecule has 0 amide bonds. The van der Waals surface area contributed by atoms with Crippen molar-refractivity contribution in [2.24, 2.45) is 0 Å². The monoisotopic (exact) mass is 864 g/mol. The summed E-state index contributed by atoms with van der Waals surface area (Å²) in [5.74, 6) is 3.90. The summed E-state index contributed by atoms with van der Waals surface area (Å²) in [5.41, 5.74) is 10.3. The third-order valence-corrected chi connectivity index (χ3v) is 18.5. The quantitative estimate of drug-likeness (QED) is 0.150. The van der Waals surface area contributed by atoms with Crippen LogP contribution in [0.1, 0.15) is 33.4 Å². The molecule has 2 aliphatic rings. The zero-order valence-electron chi connectivity index (χ0n) is 36.7. The Bertz CT molecular complexity index is 3150. The van der Waals surface area contributed by atoms with Crippen molar-refractivity contribution in [1.29, 1.82) is 0 Å². The van der Waals surface area contributed by atoms with E-state index in [0.29, 0.717) is 5.82 Å². The van der Waals surface area contributed by atoms with Crippen molar-refractivity contribution in [2.75, 3.05) is 0 Å². The lowest BCUT2D eigenvalue weighted by Gasteiger charge is -2.42. The summed E-state index contributed by atoms with van der Waals surface area (Å²) in [6.45, 7) is 4.28. The Morgan fingerprint density at radius 2 is 0.848 bits per heavy atom. The van der Waals surface area contributed by atoms with Crippen LogP contribution in [0.4, 0.5) is 0 Å². The van der Waals surface area contributed by atoms with Crippen LogP contribution >= 0.6 is 0 Å². The van der Waals surface area contributed by atoms with Gasteiger partial charge in [0, 0.05) is 27.8 Å². The largest absolute Gasteiger partial charge is 0.457 e. The number of fused-ring (bicyclic) bond motifs is 4. The SMILES string of the molecule is Cc1cccc(C)c1-c1nc(-c2cccc3c2Oc2ccccc2C3(c2ccccc2)c2ccccc2)cc(-c2cccc3c2Oc2ccccc2[Si]3(c2ccccc2)c2ccccc2)n1. The number of nitrogens with zero attached hydrogens (tertiary/aromatic N) is 2. The Balaban J connectivity index is 1.15. The number of aromatic nitrogens is 2. The van der Waals surface area contributed by atoms with E-state index in [1.54, 1.807) is 0 Å². The fraction of sp³-hybridized carbons (Fsp3) is 0.0492. The van der Waals surface area contributed by atoms with Crippen LogP contribution in [0.25, 0.3) is 33.9 Å². The van der Waals surface area contributed by atoms with Crippen LogP contribution in [0.15, 0.2) is 231 Å². The average Bonchev–Trinajstić information content (AvgIpc) is 3.38. The molecule has 0 atom stereocenters. The van der Waals surface area contributed by atoms with Gasteiger partial charge in [0.05, 0.1) is 16.8 Å². The molecule has 12 rings (SSSR count). The van der Waals surface area contributed by atoms with Crippen molar-refractivity contribution >= 4 is 28.8 Å². The number of para-hydroxylation sites is 4. The maximum atomic E-state index is 7.20. The zero-order valence-corrected chi connectivity index (χ0v) is 37.7. The fourth-order valence-corrected chi connectivity index (χ4v) is 15.8. The van der Waals surface area contributed by atoms with Gasteiger partial charge in [-0.3, -0.25) is 0 Å². The molecule has 0 spiro atoms. The van der Waals surface area contributed by atoms with Crippen LogP contribution in [0.3, 0.4) is 0 Å². The number of hydrogen-bond donors (Lipinski definition) is 0. The van der Waals surface area contributed by atoms with Crippen molar-refractivity contribution in [2.45, 2.75) is 19.3 Å². The summed E-state index contributed by atoms with van der Waals surface area (Å²) >= 11 is 0. The lowest BCUT2D eigenvalue weighted by molar-refractivity contribution is 0.436. The molecule has 0 unspecified atom stereocenters. The molecule has 0 radical (unpaired) electrons. The molecule has 0 aliphatic carbocycles. The molecule has 0 saturated carbocycles. The lowest BCUT2D eigenvalue weighted by atomic mass is 9.63. The van der Waals surface area contributed by atoms with Crippen LogP contribution in [-0.2, 0) is 5.41 Å². The molecule has 0 saturated heterocycles. The molecule has 5 heteroatoms. The highest BCUT2D eigenvalue weighted by atomic mass is 28.3. The van der Waals surface area contributed by atoms with E-state index in [1.165, 1.54) is 20.7 Å². The number of rotatable bonds is 7. The molecule has 9 aromatic carbocycles. The summed E-state index contributed by atoms with van der Waals surface area (Å²) < 4.78 is 14.4. The maximum absolute atomic E-state index is 7.20. The summed E-state index contributed by atoms with van der Waals surface area (Å²) in [7, 11) is -2.94. The molecular formula is C61H44N2O2Si. The Morgan fingerprint density at radius 1 is 0.394 bits per heavy atom. The minimum Gasteiger partial charge on any atom is -0.457 e. The first-order valence-corrected chi connectivity index (χ1v) is 24.6. The van der Waals surface area contributed by atoms with Gasteiger partial charge in [0.15, 0.2) is 13.9 Å². The van der Waals surface area contributed by atoms with E-state index >= 15 is 0 Å². The van der Waals surface area contributed by atoms with Gasteiger partial charge < -0.3 is 9.47 Å². The second kappa shape index (κ2) is 15.8. The molecule has 10 aromatic rings. The average molecular weight is 865 g/mol. The van der Waals surface area contributed by atoms with Gasteiger partial charge in [-0.15, -0.1) is 0 Å². The van der Waals surface area contributed by atoms with Crippen LogP contribution in [0.2, 0.25) is 0 Å². The van der Waals surface area contributed by atoms with E-state index < -0.39 is 13.5 Å². The predicted octanol–water partition coefficient (Wildman–Crippen LogP) is 12.1. The van der Waals surface area contributed by atoms with Gasteiger partial charge in [0.2, 0.25) is 0 Å². The summed E-state index contributed by atoms with van der Waals surface area (Å²) in [5, 5.41) is 4.98. The van der Waals surface area contributed by atoms with Crippen LogP contribution in [0, 0.1) is 13.8 Å². The Kier molecular flexibility index (Phi) is 9.47. The van der Waals surface area contributed by atoms with Crippen LogP contribution < -0.4 is 30.2 Å². The Hall–Kier alpha value is -8.12. The molecule has 314 valence electrons. The number of aryl methyl sites for hydroxylation is 2.